The fraction of sp³-hybridized carbons (Fsp3) is 0.267. The maximum atomic E-state index is 11.9. The van der Waals surface area contributed by atoms with Crippen molar-refractivity contribution in [2.75, 3.05) is 19.6 Å². The van der Waals surface area contributed by atoms with Crippen LogP contribution in [0.1, 0.15) is 5.56 Å². The van der Waals surface area contributed by atoms with E-state index in [1.54, 1.807) is 0 Å². The second-order valence-electron chi connectivity index (χ2n) is 4.48. The Morgan fingerprint density at radius 3 is 2.30 bits per heavy atom. The lowest BCUT2D eigenvalue weighted by molar-refractivity contribution is -0.155. The van der Waals surface area contributed by atoms with Gasteiger partial charge in [-0.2, -0.15) is 0 Å². The van der Waals surface area contributed by atoms with Gasteiger partial charge in [0.1, 0.15) is 13.1 Å². The monoisotopic (exact) mass is 270 g/mol. The average Bonchev–Trinajstić information content (AvgIpc) is 2.46. The molecule has 0 aliphatic carbocycles. The van der Waals surface area contributed by atoms with Crippen LogP contribution in [0.5, 0.6) is 0 Å². The zero-order valence-electron chi connectivity index (χ0n) is 10.9. The molecule has 1 saturated heterocycles. The minimum atomic E-state index is -0.630. The SMILES string of the molecule is C#CC(=O)N1CC(=O)N(CCc2ccccc2)C(=O)C1. The molecule has 0 unspecified atom stereocenters. The van der Waals surface area contributed by atoms with Crippen LogP contribution in [-0.2, 0) is 20.8 Å². The maximum Gasteiger partial charge on any atom is 0.299 e. The van der Waals surface area contributed by atoms with Crippen molar-refractivity contribution in [2.24, 2.45) is 0 Å². The topological polar surface area (TPSA) is 57.7 Å². The van der Waals surface area contributed by atoms with Crippen LogP contribution in [-0.4, -0.2) is 47.2 Å². The standard InChI is InChI=1S/C15H14N2O3/c1-2-13(18)16-10-14(19)17(15(20)11-16)9-8-12-6-4-3-5-7-12/h1,3-7H,8-11H2. The summed E-state index contributed by atoms with van der Waals surface area (Å²) in [6.07, 6.45) is 5.58. The quantitative estimate of drug-likeness (QED) is 0.576. The van der Waals surface area contributed by atoms with E-state index < -0.39 is 5.91 Å². The highest BCUT2D eigenvalue weighted by Crippen LogP contribution is 2.08. The smallest absolute Gasteiger partial charge is 0.299 e. The van der Waals surface area contributed by atoms with Gasteiger partial charge in [-0.05, 0) is 17.9 Å². The number of hydrogen-bond donors (Lipinski definition) is 0. The molecule has 1 aromatic rings. The first-order valence-corrected chi connectivity index (χ1v) is 6.24. The summed E-state index contributed by atoms with van der Waals surface area (Å²) in [7, 11) is 0. The predicted molar refractivity (Wildman–Crippen MR) is 72.3 cm³/mol. The van der Waals surface area contributed by atoms with Crippen LogP contribution in [0.3, 0.4) is 0 Å². The molecule has 1 heterocycles. The molecule has 3 amide bonds. The summed E-state index contributed by atoms with van der Waals surface area (Å²) < 4.78 is 0. The lowest BCUT2D eigenvalue weighted by Crippen LogP contribution is -2.55. The van der Waals surface area contributed by atoms with Crippen LogP contribution < -0.4 is 0 Å². The van der Waals surface area contributed by atoms with Gasteiger partial charge in [0.25, 0.3) is 5.91 Å². The number of amides is 3. The van der Waals surface area contributed by atoms with Gasteiger partial charge in [0.15, 0.2) is 0 Å². The minimum absolute atomic E-state index is 0.135. The van der Waals surface area contributed by atoms with Crippen LogP contribution in [0, 0.1) is 12.3 Å². The molecule has 20 heavy (non-hydrogen) atoms. The number of piperazine rings is 1. The Balaban J connectivity index is 1.97. The van der Waals surface area contributed by atoms with Crippen molar-refractivity contribution in [2.45, 2.75) is 6.42 Å². The van der Waals surface area contributed by atoms with Crippen molar-refractivity contribution in [3.05, 3.63) is 35.9 Å². The molecule has 1 aromatic carbocycles. The Labute approximate surface area is 117 Å². The average molecular weight is 270 g/mol. The van der Waals surface area contributed by atoms with Gasteiger partial charge in [0.2, 0.25) is 11.8 Å². The predicted octanol–water partition coefficient (Wildman–Crippen LogP) is 0.0597. The van der Waals surface area contributed by atoms with E-state index in [0.29, 0.717) is 13.0 Å². The van der Waals surface area contributed by atoms with Gasteiger partial charge >= 0.3 is 0 Å². The fourth-order valence-electron chi connectivity index (χ4n) is 2.06. The van der Waals surface area contributed by atoms with Crippen LogP contribution in [0.4, 0.5) is 0 Å². The lowest BCUT2D eigenvalue weighted by atomic mass is 10.1. The molecule has 0 spiro atoms. The Kier molecular flexibility index (Phi) is 4.16. The van der Waals surface area contributed by atoms with E-state index in [1.165, 1.54) is 4.90 Å². The Hall–Kier alpha value is -2.61. The second-order valence-corrected chi connectivity index (χ2v) is 4.48. The molecular weight excluding hydrogens is 256 g/mol. The third kappa shape index (κ3) is 3.04. The van der Waals surface area contributed by atoms with Crippen molar-refractivity contribution in [1.29, 1.82) is 0 Å². The highest BCUT2D eigenvalue weighted by molar-refractivity contribution is 6.05. The van der Waals surface area contributed by atoms with Gasteiger partial charge in [0, 0.05) is 6.54 Å². The van der Waals surface area contributed by atoms with Crippen molar-refractivity contribution < 1.29 is 14.4 Å². The number of rotatable bonds is 3. The maximum absolute atomic E-state index is 11.9. The van der Waals surface area contributed by atoms with E-state index in [4.69, 9.17) is 6.42 Å². The molecule has 0 radical (unpaired) electrons. The third-order valence-corrected chi connectivity index (χ3v) is 3.13. The van der Waals surface area contributed by atoms with Gasteiger partial charge in [0.05, 0.1) is 0 Å². The van der Waals surface area contributed by atoms with E-state index in [9.17, 15) is 14.4 Å². The first-order chi connectivity index (χ1) is 9.61. The number of imide groups is 1. The molecule has 1 aliphatic rings. The van der Waals surface area contributed by atoms with Crippen molar-refractivity contribution in [3.8, 4) is 12.3 Å². The zero-order valence-corrected chi connectivity index (χ0v) is 10.9. The second kappa shape index (κ2) is 6.02. The van der Waals surface area contributed by atoms with Crippen molar-refractivity contribution in [1.82, 2.24) is 9.80 Å². The number of carbonyl (C=O) groups excluding carboxylic acids is 3. The van der Waals surface area contributed by atoms with Crippen molar-refractivity contribution >= 4 is 17.7 Å². The molecule has 5 heteroatoms. The lowest BCUT2D eigenvalue weighted by Gasteiger charge is -2.31. The Morgan fingerprint density at radius 1 is 1.15 bits per heavy atom. The molecule has 5 nitrogen and oxygen atoms in total. The zero-order chi connectivity index (χ0) is 14.5. The molecule has 102 valence electrons. The van der Waals surface area contributed by atoms with E-state index in [-0.39, 0.29) is 24.9 Å². The number of carbonyl (C=O) groups is 3. The van der Waals surface area contributed by atoms with Crippen molar-refractivity contribution in [3.63, 3.8) is 0 Å². The highest BCUT2D eigenvalue weighted by Gasteiger charge is 2.32. The number of terminal acetylenes is 1. The Morgan fingerprint density at radius 2 is 1.75 bits per heavy atom. The molecule has 0 saturated carbocycles. The van der Waals surface area contributed by atoms with Crippen LogP contribution >= 0.6 is 0 Å². The highest BCUT2D eigenvalue weighted by atomic mass is 16.2. The molecule has 0 aromatic heterocycles. The van der Waals surface area contributed by atoms with Crippen LogP contribution in [0.2, 0.25) is 0 Å². The summed E-state index contributed by atoms with van der Waals surface area (Å²) in [5.74, 6) is 0.506. The molecule has 0 atom stereocenters. The van der Waals surface area contributed by atoms with Crippen LogP contribution in [0.25, 0.3) is 0 Å². The van der Waals surface area contributed by atoms with E-state index in [1.807, 2.05) is 36.3 Å². The molecule has 1 fully saturated rings. The molecule has 0 bridgehead atoms. The number of benzene rings is 1. The summed E-state index contributed by atoms with van der Waals surface area (Å²) >= 11 is 0. The van der Waals surface area contributed by atoms with Gasteiger partial charge in [-0.15, -0.1) is 6.42 Å². The minimum Gasteiger partial charge on any atom is -0.313 e. The third-order valence-electron chi connectivity index (χ3n) is 3.13. The first kappa shape index (κ1) is 13.8. The first-order valence-electron chi connectivity index (χ1n) is 6.24. The summed E-state index contributed by atoms with van der Waals surface area (Å²) in [6, 6.07) is 9.59. The van der Waals surface area contributed by atoms with Gasteiger partial charge < -0.3 is 4.90 Å². The summed E-state index contributed by atoms with van der Waals surface area (Å²) in [4.78, 5) is 37.4. The Bertz CT molecular complexity index is 557. The van der Waals surface area contributed by atoms with Gasteiger partial charge in [-0.25, -0.2) is 0 Å². The molecular formula is C15H14N2O3. The normalized spacial score (nSPS) is 15.2. The van der Waals surface area contributed by atoms with E-state index in [0.717, 1.165) is 10.5 Å². The number of nitrogens with zero attached hydrogens (tertiary/aromatic N) is 2. The molecule has 2 rings (SSSR count). The fourth-order valence-corrected chi connectivity index (χ4v) is 2.06. The van der Waals surface area contributed by atoms with E-state index >= 15 is 0 Å². The largest absolute Gasteiger partial charge is 0.313 e. The van der Waals surface area contributed by atoms with E-state index in [2.05, 4.69) is 0 Å². The van der Waals surface area contributed by atoms with Gasteiger partial charge in [-0.3, -0.25) is 19.3 Å². The summed E-state index contributed by atoms with van der Waals surface area (Å²) in [5.41, 5.74) is 1.05. The molecule has 1 aliphatic heterocycles. The summed E-state index contributed by atoms with van der Waals surface area (Å²) in [5, 5.41) is 0. The molecule has 0 N–H and O–H groups in total. The van der Waals surface area contributed by atoms with Gasteiger partial charge in [-0.1, -0.05) is 30.3 Å². The van der Waals surface area contributed by atoms with Crippen LogP contribution in [0.15, 0.2) is 30.3 Å². The summed E-state index contributed by atoms with van der Waals surface area (Å²) in [6.45, 7) is 0.0485. The number of hydrogen-bond acceptors (Lipinski definition) is 3.